The van der Waals surface area contributed by atoms with E-state index in [-0.39, 0.29) is 0 Å². The van der Waals surface area contributed by atoms with Gasteiger partial charge in [0.15, 0.2) is 0 Å². The molecule has 0 aliphatic carbocycles. The second-order valence-corrected chi connectivity index (χ2v) is 3.95. The van der Waals surface area contributed by atoms with Gasteiger partial charge in [0, 0.05) is 19.8 Å². The van der Waals surface area contributed by atoms with Crippen LogP contribution in [-0.4, -0.2) is 24.3 Å². The first-order chi connectivity index (χ1) is 8.29. The number of nitrogens with zero attached hydrogens (tertiary/aromatic N) is 5. The molecule has 0 saturated carbocycles. The van der Waals surface area contributed by atoms with E-state index in [1.54, 1.807) is 12.5 Å². The van der Waals surface area contributed by atoms with Gasteiger partial charge in [0.2, 0.25) is 0 Å². The van der Waals surface area contributed by atoms with Crippen molar-refractivity contribution in [3.05, 3.63) is 30.9 Å². The van der Waals surface area contributed by atoms with Crippen molar-refractivity contribution in [1.82, 2.24) is 24.3 Å². The normalized spacial score (nSPS) is 11.2. The van der Waals surface area contributed by atoms with Crippen LogP contribution in [0.5, 0.6) is 0 Å². The zero-order valence-electron chi connectivity index (χ0n) is 9.83. The summed E-state index contributed by atoms with van der Waals surface area (Å²) in [6, 6.07) is 3.97. The summed E-state index contributed by atoms with van der Waals surface area (Å²) < 4.78 is 3.89. The van der Waals surface area contributed by atoms with Crippen LogP contribution in [0.2, 0.25) is 0 Å². The average molecular weight is 227 g/mol. The van der Waals surface area contributed by atoms with E-state index in [1.807, 2.05) is 34.6 Å². The molecule has 86 valence electrons. The van der Waals surface area contributed by atoms with Gasteiger partial charge in [-0.05, 0) is 19.1 Å². The second-order valence-electron chi connectivity index (χ2n) is 3.95. The van der Waals surface area contributed by atoms with Crippen LogP contribution in [0.1, 0.15) is 6.92 Å². The van der Waals surface area contributed by atoms with E-state index in [4.69, 9.17) is 0 Å². The number of aryl methyl sites for hydroxylation is 2. The predicted molar refractivity (Wildman–Crippen MR) is 65.4 cm³/mol. The Hall–Kier alpha value is -2.17. The Labute approximate surface area is 98.7 Å². The molecule has 0 fully saturated rings. The smallest absolute Gasteiger partial charge is 0.0956 e. The standard InChI is InChI=1S/C12H13N5/c1-3-17-11(4-5-15-17)9-6-10-12(7-13-9)16(2)8-14-10/h4-8H,3H2,1-2H3. The molecular formula is C12H13N5. The highest BCUT2D eigenvalue weighted by Gasteiger charge is 2.08. The van der Waals surface area contributed by atoms with Crippen LogP contribution in [0, 0.1) is 0 Å². The first kappa shape index (κ1) is 10.0. The molecule has 0 aromatic carbocycles. The number of pyridine rings is 1. The van der Waals surface area contributed by atoms with Gasteiger partial charge in [-0.3, -0.25) is 9.67 Å². The average Bonchev–Trinajstić information content (AvgIpc) is 2.96. The van der Waals surface area contributed by atoms with Gasteiger partial charge in [0.05, 0.1) is 34.9 Å². The summed E-state index contributed by atoms with van der Waals surface area (Å²) >= 11 is 0. The molecule has 5 nitrogen and oxygen atoms in total. The minimum atomic E-state index is 0.838. The molecule has 0 unspecified atom stereocenters. The minimum absolute atomic E-state index is 0.838. The maximum absolute atomic E-state index is 4.47. The van der Waals surface area contributed by atoms with Gasteiger partial charge >= 0.3 is 0 Å². The summed E-state index contributed by atoms with van der Waals surface area (Å²) in [6.07, 6.45) is 5.45. The summed E-state index contributed by atoms with van der Waals surface area (Å²) in [7, 11) is 1.97. The van der Waals surface area contributed by atoms with Gasteiger partial charge in [-0.1, -0.05) is 0 Å². The molecule has 0 atom stereocenters. The minimum Gasteiger partial charge on any atom is -0.332 e. The SMILES string of the molecule is CCn1nccc1-c1cc2ncn(C)c2cn1. The zero-order chi connectivity index (χ0) is 11.8. The molecule has 3 aromatic rings. The van der Waals surface area contributed by atoms with E-state index in [2.05, 4.69) is 22.0 Å². The van der Waals surface area contributed by atoms with E-state index in [9.17, 15) is 0 Å². The summed E-state index contributed by atoms with van der Waals surface area (Å²) in [5, 5.41) is 4.25. The number of imidazole rings is 1. The molecule has 3 heterocycles. The zero-order valence-corrected chi connectivity index (χ0v) is 9.83. The van der Waals surface area contributed by atoms with E-state index in [0.717, 1.165) is 29.0 Å². The lowest BCUT2D eigenvalue weighted by Gasteiger charge is -2.03. The van der Waals surface area contributed by atoms with Crippen molar-refractivity contribution in [3.63, 3.8) is 0 Å². The van der Waals surface area contributed by atoms with Crippen LogP contribution >= 0.6 is 0 Å². The maximum atomic E-state index is 4.47. The summed E-state index contributed by atoms with van der Waals surface area (Å²) in [4.78, 5) is 8.81. The third-order valence-corrected chi connectivity index (χ3v) is 2.89. The van der Waals surface area contributed by atoms with Crippen LogP contribution in [0.25, 0.3) is 22.4 Å². The molecule has 17 heavy (non-hydrogen) atoms. The van der Waals surface area contributed by atoms with Crippen molar-refractivity contribution < 1.29 is 0 Å². The Morgan fingerprint density at radius 1 is 1.29 bits per heavy atom. The molecule has 0 saturated heterocycles. The fourth-order valence-electron chi connectivity index (χ4n) is 1.97. The van der Waals surface area contributed by atoms with Crippen LogP contribution in [0.15, 0.2) is 30.9 Å². The lowest BCUT2D eigenvalue weighted by atomic mass is 10.2. The number of rotatable bonds is 2. The van der Waals surface area contributed by atoms with Crippen molar-refractivity contribution in [1.29, 1.82) is 0 Å². The molecule has 3 aromatic heterocycles. The van der Waals surface area contributed by atoms with Crippen LogP contribution in [-0.2, 0) is 13.6 Å². The van der Waals surface area contributed by atoms with Crippen LogP contribution in [0.4, 0.5) is 0 Å². The molecule has 0 bridgehead atoms. The summed E-state index contributed by atoms with van der Waals surface area (Å²) in [5.74, 6) is 0. The molecule has 0 N–H and O–H groups in total. The van der Waals surface area contributed by atoms with Crippen molar-refractivity contribution in [2.24, 2.45) is 7.05 Å². The summed E-state index contributed by atoms with van der Waals surface area (Å²) in [5.41, 5.74) is 3.94. The van der Waals surface area contributed by atoms with Crippen molar-refractivity contribution in [3.8, 4) is 11.4 Å². The van der Waals surface area contributed by atoms with Gasteiger partial charge in [-0.2, -0.15) is 5.10 Å². The highest BCUT2D eigenvalue weighted by atomic mass is 15.3. The lowest BCUT2D eigenvalue weighted by molar-refractivity contribution is 0.666. The quantitative estimate of drug-likeness (QED) is 0.671. The Morgan fingerprint density at radius 2 is 2.18 bits per heavy atom. The molecule has 5 heteroatoms. The first-order valence-corrected chi connectivity index (χ1v) is 5.59. The Kier molecular flexibility index (Phi) is 2.18. The number of hydrogen-bond donors (Lipinski definition) is 0. The van der Waals surface area contributed by atoms with E-state index < -0.39 is 0 Å². The fourth-order valence-corrected chi connectivity index (χ4v) is 1.97. The third kappa shape index (κ3) is 1.51. The van der Waals surface area contributed by atoms with Gasteiger partial charge in [0.25, 0.3) is 0 Å². The highest BCUT2D eigenvalue weighted by Crippen LogP contribution is 2.20. The fraction of sp³-hybridized carbons (Fsp3) is 0.250. The molecule has 0 aliphatic rings. The van der Waals surface area contributed by atoms with Crippen LogP contribution in [0.3, 0.4) is 0 Å². The highest BCUT2D eigenvalue weighted by molar-refractivity contribution is 5.78. The Balaban J connectivity index is 2.18. The molecule has 0 radical (unpaired) electrons. The first-order valence-electron chi connectivity index (χ1n) is 5.59. The van der Waals surface area contributed by atoms with E-state index >= 15 is 0 Å². The molecule has 0 aliphatic heterocycles. The topological polar surface area (TPSA) is 48.5 Å². The number of hydrogen-bond acceptors (Lipinski definition) is 3. The third-order valence-electron chi connectivity index (χ3n) is 2.89. The lowest BCUT2D eigenvalue weighted by Crippen LogP contribution is -1.99. The van der Waals surface area contributed by atoms with E-state index in [1.165, 1.54) is 0 Å². The number of fused-ring (bicyclic) bond motifs is 1. The van der Waals surface area contributed by atoms with Gasteiger partial charge < -0.3 is 4.57 Å². The predicted octanol–water partition coefficient (Wildman–Crippen LogP) is 1.85. The second kappa shape index (κ2) is 3.69. The van der Waals surface area contributed by atoms with Crippen molar-refractivity contribution >= 4 is 11.0 Å². The number of aromatic nitrogens is 5. The van der Waals surface area contributed by atoms with Gasteiger partial charge in [-0.15, -0.1) is 0 Å². The maximum Gasteiger partial charge on any atom is 0.0956 e. The van der Waals surface area contributed by atoms with Crippen molar-refractivity contribution in [2.75, 3.05) is 0 Å². The Morgan fingerprint density at radius 3 is 3.00 bits per heavy atom. The molecule has 0 spiro atoms. The monoisotopic (exact) mass is 227 g/mol. The van der Waals surface area contributed by atoms with E-state index in [0.29, 0.717) is 0 Å². The van der Waals surface area contributed by atoms with Crippen molar-refractivity contribution in [2.45, 2.75) is 13.5 Å². The summed E-state index contributed by atoms with van der Waals surface area (Å²) in [6.45, 7) is 2.90. The Bertz CT molecular complexity index is 664. The largest absolute Gasteiger partial charge is 0.332 e. The molecular weight excluding hydrogens is 214 g/mol. The van der Waals surface area contributed by atoms with Crippen LogP contribution < -0.4 is 0 Å². The molecule has 0 amide bonds. The molecule has 3 rings (SSSR count). The van der Waals surface area contributed by atoms with Gasteiger partial charge in [0.1, 0.15) is 0 Å². The van der Waals surface area contributed by atoms with Gasteiger partial charge in [-0.25, -0.2) is 4.98 Å².